The number of rotatable bonds is 9. The number of amides is 1. The van der Waals surface area contributed by atoms with Crippen LogP contribution in [-0.4, -0.2) is 23.6 Å². The molecule has 1 aromatic rings. The Labute approximate surface area is 175 Å². The predicted octanol–water partition coefficient (Wildman–Crippen LogP) is 5.97. The summed E-state index contributed by atoms with van der Waals surface area (Å²) in [6, 6.07) is 7.94. The van der Waals surface area contributed by atoms with Gasteiger partial charge in [-0.1, -0.05) is 50.8 Å². The fourth-order valence-corrected chi connectivity index (χ4v) is 2.29. The van der Waals surface area contributed by atoms with Crippen molar-refractivity contribution in [2.24, 2.45) is 9.98 Å². The first kappa shape index (κ1) is 24.1. The molecule has 0 saturated heterocycles. The molecule has 0 bridgehead atoms. The Morgan fingerprint density at radius 2 is 1.90 bits per heavy atom. The summed E-state index contributed by atoms with van der Waals surface area (Å²) >= 11 is 0. The van der Waals surface area contributed by atoms with Gasteiger partial charge in [-0.15, -0.1) is 0 Å². The molecule has 0 atom stereocenters. The zero-order chi connectivity index (χ0) is 21.7. The third-order valence-corrected chi connectivity index (χ3v) is 3.63. The number of nitrogens with zero attached hydrogens (tertiary/aromatic N) is 2. The highest BCUT2D eigenvalue weighted by molar-refractivity contribution is 6.01. The van der Waals surface area contributed by atoms with Crippen LogP contribution in [0.25, 0.3) is 0 Å². The molecule has 0 aliphatic rings. The van der Waals surface area contributed by atoms with E-state index in [1.165, 1.54) is 0 Å². The molecule has 0 unspecified atom stereocenters. The highest BCUT2D eigenvalue weighted by atomic mass is 16.6. The number of nitrogens with one attached hydrogen (secondary N) is 1. The summed E-state index contributed by atoms with van der Waals surface area (Å²) in [6.07, 6.45) is 10.5. The fourth-order valence-electron chi connectivity index (χ4n) is 2.29. The topological polar surface area (TPSA) is 63.0 Å². The number of benzene rings is 1. The van der Waals surface area contributed by atoms with Crippen molar-refractivity contribution >= 4 is 18.0 Å². The van der Waals surface area contributed by atoms with Crippen molar-refractivity contribution in [2.75, 3.05) is 0 Å². The smallest absolute Gasteiger partial charge is 0.407 e. The molecular formula is C24H33N3O2. The average molecular weight is 396 g/mol. The van der Waals surface area contributed by atoms with Gasteiger partial charge in [0.1, 0.15) is 5.60 Å². The van der Waals surface area contributed by atoms with E-state index in [9.17, 15) is 4.79 Å². The standard InChI is InChI=1S/C24H33N3O2/c1-7-9-10-16-25-17-15-19(3)27-22(8-2)21-13-11-20(12-14-21)18-26-23(28)29-24(4,5)6/h9-17H,3,7-8,18H2,1-2,4-6H3,(H,26,28)/b10-9-,17-15-,25-16-,27-22?. The maximum atomic E-state index is 11.8. The molecule has 0 heterocycles. The van der Waals surface area contributed by atoms with Gasteiger partial charge in [0.05, 0.1) is 5.70 Å². The Morgan fingerprint density at radius 1 is 1.21 bits per heavy atom. The maximum absolute atomic E-state index is 11.8. The zero-order valence-electron chi connectivity index (χ0n) is 18.2. The molecule has 0 fully saturated rings. The van der Waals surface area contributed by atoms with E-state index in [0.29, 0.717) is 12.2 Å². The van der Waals surface area contributed by atoms with Crippen molar-refractivity contribution < 1.29 is 9.53 Å². The minimum atomic E-state index is -0.505. The lowest BCUT2D eigenvalue weighted by atomic mass is 10.1. The first-order valence-corrected chi connectivity index (χ1v) is 9.92. The maximum Gasteiger partial charge on any atom is 0.407 e. The molecule has 29 heavy (non-hydrogen) atoms. The third-order valence-electron chi connectivity index (χ3n) is 3.63. The van der Waals surface area contributed by atoms with Gasteiger partial charge in [-0.2, -0.15) is 0 Å². The van der Waals surface area contributed by atoms with Crippen molar-refractivity contribution in [2.45, 2.75) is 59.6 Å². The lowest BCUT2D eigenvalue weighted by molar-refractivity contribution is 0.0523. The fraction of sp³-hybridized carbons (Fsp3) is 0.375. The molecule has 0 radical (unpaired) electrons. The molecule has 5 heteroatoms. The number of carbonyl (C=O) groups is 1. The van der Waals surface area contributed by atoms with Crippen molar-refractivity contribution in [3.05, 3.63) is 72.1 Å². The van der Waals surface area contributed by atoms with Gasteiger partial charge in [-0.3, -0.25) is 9.98 Å². The first-order chi connectivity index (χ1) is 13.7. The Balaban J connectivity index is 2.68. The number of carbonyl (C=O) groups excluding carboxylic acids is 1. The molecule has 5 nitrogen and oxygen atoms in total. The molecular weight excluding hydrogens is 362 g/mol. The van der Waals surface area contributed by atoms with Crippen LogP contribution < -0.4 is 5.32 Å². The van der Waals surface area contributed by atoms with E-state index in [2.05, 4.69) is 35.7 Å². The van der Waals surface area contributed by atoms with E-state index >= 15 is 0 Å². The van der Waals surface area contributed by atoms with E-state index in [0.717, 1.165) is 29.7 Å². The first-order valence-electron chi connectivity index (χ1n) is 9.92. The van der Waals surface area contributed by atoms with E-state index in [-0.39, 0.29) is 0 Å². The van der Waals surface area contributed by atoms with Gasteiger partial charge in [0.2, 0.25) is 0 Å². The average Bonchev–Trinajstić information content (AvgIpc) is 2.66. The quantitative estimate of drug-likeness (QED) is 0.413. The highest BCUT2D eigenvalue weighted by Gasteiger charge is 2.15. The minimum absolute atomic E-state index is 0.410. The second-order valence-corrected chi connectivity index (χ2v) is 7.41. The summed E-state index contributed by atoms with van der Waals surface area (Å²) in [6.45, 7) is 14.0. The number of aliphatic imine (C=N–C) groups is 2. The van der Waals surface area contributed by atoms with Crippen LogP contribution >= 0.6 is 0 Å². The van der Waals surface area contributed by atoms with Crippen molar-refractivity contribution in [3.8, 4) is 0 Å². The van der Waals surface area contributed by atoms with E-state index in [1.54, 1.807) is 18.5 Å². The predicted molar refractivity (Wildman–Crippen MR) is 123 cm³/mol. The molecule has 0 aliphatic carbocycles. The van der Waals surface area contributed by atoms with Gasteiger partial charge >= 0.3 is 6.09 Å². The SMILES string of the molecule is C=C(\C=C/N=C\C=C/CC)N=C(CC)c1ccc(CNC(=O)OC(C)(C)C)cc1. The van der Waals surface area contributed by atoms with Gasteiger partial charge < -0.3 is 10.1 Å². The van der Waals surface area contributed by atoms with Crippen LogP contribution in [0.15, 0.2) is 71.0 Å². The summed E-state index contributed by atoms with van der Waals surface area (Å²) in [5, 5.41) is 2.76. The van der Waals surface area contributed by atoms with E-state index < -0.39 is 11.7 Å². The number of ether oxygens (including phenoxy) is 1. The molecule has 0 aromatic heterocycles. The van der Waals surface area contributed by atoms with E-state index in [1.807, 2.05) is 57.2 Å². The zero-order valence-corrected chi connectivity index (χ0v) is 18.2. The summed E-state index contributed by atoms with van der Waals surface area (Å²) in [4.78, 5) is 20.5. The summed E-state index contributed by atoms with van der Waals surface area (Å²) in [7, 11) is 0. The Hall–Kier alpha value is -2.95. The number of hydrogen-bond acceptors (Lipinski definition) is 4. The third kappa shape index (κ3) is 10.8. The van der Waals surface area contributed by atoms with E-state index in [4.69, 9.17) is 4.74 Å². The second kappa shape index (κ2) is 12.5. The molecule has 1 aromatic carbocycles. The van der Waals surface area contributed by atoms with Gasteiger partial charge in [0.15, 0.2) is 0 Å². The largest absolute Gasteiger partial charge is 0.444 e. The Kier molecular flexibility index (Phi) is 10.4. The Morgan fingerprint density at radius 3 is 2.48 bits per heavy atom. The van der Waals surface area contributed by atoms with Crippen LogP contribution in [-0.2, 0) is 11.3 Å². The minimum Gasteiger partial charge on any atom is -0.444 e. The summed E-state index contributed by atoms with van der Waals surface area (Å²) in [5.41, 5.74) is 3.10. The lowest BCUT2D eigenvalue weighted by Crippen LogP contribution is -2.32. The molecule has 1 amide bonds. The van der Waals surface area contributed by atoms with Crippen LogP contribution in [0.3, 0.4) is 0 Å². The van der Waals surface area contributed by atoms with Crippen molar-refractivity contribution in [1.29, 1.82) is 0 Å². The van der Waals surface area contributed by atoms with Crippen LogP contribution in [0, 0.1) is 0 Å². The number of hydrogen-bond donors (Lipinski definition) is 1. The van der Waals surface area contributed by atoms with Crippen LogP contribution in [0.4, 0.5) is 4.79 Å². The van der Waals surface area contributed by atoms with Crippen molar-refractivity contribution in [3.63, 3.8) is 0 Å². The van der Waals surface area contributed by atoms with Gasteiger partial charge in [0.25, 0.3) is 0 Å². The molecule has 0 spiro atoms. The number of alkyl carbamates (subject to hydrolysis) is 1. The second-order valence-electron chi connectivity index (χ2n) is 7.41. The lowest BCUT2D eigenvalue weighted by Gasteiger charge is -2.19. The monoisotopic (exact) mass is 395 g/mol. The number of allylic oxidation sites excluding steroid dienone is 3. The summed E-state index contributed by atoms with van der Waals surface area (Å²) < 4.78 is 5.24. The van der Waals surface area contributed by atoms with Crippen LogP contribution in [0.2, 0.25) is 0 Å². The summed E-state index contributed by atoms with van der Waals surface area (Å²) in [5.74, 6) is 0. The van der Waals surface area contributed by atoms with Crippen molar-refractivity contribution in [1.82, 2.24) is 5.32 Å². The highest BCUT2D eigenvalue weighted by Crippen LogP contribution is 2.11. The molecule has 1 rings (SSSR count). The van der Waals surface area contributed by atoms with Gasteiger partial charge in [0, 0.05) is 24.7 Å². The molecule has 1 N–H and O–H groups in total. The Bertz CT molecular complexity index is 779. The van der Waals surface area contributed by atoms with Crippen LogP contribution in [0.1, 0.15) is 58.6 Å². The van der Waals surface area contributed by atoms with Gasteiger partial charge in [-0.05, 0) is 56.9 Å². The molecule has 0 saturated carbocycles. The van der Waals surface area contributed by atoms with Gasteiger partial charge in [-0.25, -0.2) is 4.79 Å². The normalized spacial score (nSPS) is 12.8. The molecule has 0 aliphatic heterocycles. The van der Waals surface area contributed by atoms with Crippen LogP contribution in [0.5, 0.6) is 0 Å². The molecule has 156 valence electrons.